The molecule has 6 nitrogen and oxygen atoms in total. The van der Waals surface area contributed by atoms with E-state index >= 15 is 0 Å². The van der Waals surface area contributed by atoms with Gasteiger partial charge in [-0.05, 0) is 43.7 Å². The number of methoxy groups -OCH3 is 1. The number of nitriles is 1. The number of amides is 1. The van der Waals surface area contributed by atoms with Crippen LogP contribution in [-0.4, -0.2) is 64.3 Å². The van der Waals surface area contributed by atoms with Gasteiger partial charge in [0.2, 0.25) is 0 Å². The maximum absolute atomic E-state index is 12.3. The summed E-state index contributed by atoms with van der Waals surface area (Å²) in [6.07, 6.45) is 0.722. The quantitative estimate of drug-likeness (QED) is 0.459. The van der Waals surface area contributed by atoms with E-state index in [9.17, 15) is 10.1 Å². The molecule has 1 aliphatic heterocycles. The van der Waals surface area contributed by atoms with Crippen LogP contribution in [0.15, 0.2) is 29.8 Å². The molecule has 1 heterocycles. The molecule has 1 aromatic carbocycles. The molecule has 0 spiro atoms. The summed E-state index contributed by atoms with van der Waals surface area (Å²) in [7, 11) is 3.76. The fourth-order valence-corrected chi connectivity index (χ4v) is 2.94. The van der Waals surface area contributed by atoms with Crippen LogP contribution >= 0.6 is 0 Å². The van der Waals surface area contributed by atoms with Crippen molar-refractivity contribution in [1.82, 2.24) is 10.2 Å². The van der Waals surface area contributed by atoms with E-state index in [4.69, 9.17) is 4.74 Å². The van der Waals surface area contributed by atoms with Crippen molar-refractivity contribution in [1.29, 1.82) is 5.26 Å². The molecule has 6 heteroatoms. The first kappa shape index (κ1) is 20.0. The van der Waals surface area contributed by atoms with Crippen molar-refractivity contribution in [2.75, 3.05) is 58.4 Å². The van der Waals surface area contributed by atoms with Crippen LogP contribution in [0.2, 0.25) is 0 Å². The van der Waals surface area contributed by atoms with Crippen molar-refractivity contribution < 1.29 is 9.53 Å². The molecule has 0 bridgehead atoms. The molecule has 0 unspecified atom stereocenters. The molecule has 1 saturated heterocycles. The van der Waals surface area contributed by atoms with Crippen LogP contribution in [0, 0.1) is 11.3 Å². The van der Waals surface area contributed by atoms with Gasteiger partial charge in [0, 0.05) is 52.1 Å². The number of piperazine rings is 1. The maximum Gasteiger partial charge on any atom is 0.262 e. The standard InChI is InChI=1S/C20H28N4O2/c1-16(19(15-21)20(25)22-9-4-14-26-3)17-5-7-18(8-6-17)24-12-10-23(2)11-13-24/h5-8H,4,9-14H2,1-3H3,(H,22,25)/b19-16+. The lowest BCUT2D eigenvalue weighted by Crippen LogP contribution is -2.44. The van der Waals surface area contributed by atoms with Crippen LogP contribution in [-0.2, 0) is 9.53 Å². The summed E-state index contributed by atoms with van der Waals surface area (Å²) >= 11 is 0. The Morgan fingerprint density at radius 3 is 2.46 bits per heavy atom. The van der Waals surface area contributed by atoms with Gasteiger partial charge in [-0.15, -0.1) is 0 Å². The maximum atomic E-state index is 12.3. The molecular formula is C20H28N4O2. The average molecular weight is 356 g/mol. The summed E-state index contributed by atoms with van der Waals surface area (Å²) in [5.41, 5.74) is 2.93. The predicted octanol–water partition coefficient (Wildman–Crippen LogP) is 1.89. The number of carbonyl (C=O) groups is 1. The third kappa shape index (κ3) is 5.32. The molecule has 0 atom stereocenters. The van der Waals surface area contributed by atoms with E-state index in [-0.39, 0.29) is 11.5 Å². The Balaban J connectivity index is 2.06. The van der Waals surface area contributed by atoms with Gasteiger partial charge < -0.3 is 19.9 Å². The molecule has 1 N–H and O–H groups in total. The van der Waals surface area contributed by atoms with Crippen LogP contribution in [0.3, 0.4) is 0 Å². The van der Waals surface area contributed by atoms with E-state index in [1.54, 1.807) is 7.11 Å². The van der Waals surface area contributed by atoms with E-state index in [2.05, 4.69) is 34.3 Å². The lowest BCUT2D eigenvalue weighted by molar-refractivity contribution is -0.117. The van der Waals surface area contributed by atoms with Crippen molar-refractivity contribution in [3.63, 3.8) is 0 Å². The third-order valence-corrected chi connectivity index (χ3v) is 4.69. The number of benzene rings is 1. The number of anilines is 1. The highest BCUT2D eigenvalue weighted by Crippen LogP contribution is 2.23. The van der Waals surface area contributed by atoms with Gasteiger partial charge in [-0.2, -0.15) is 5.26 Å². The van der Waals surface area contributed by atoms with Crippen LogP contribution in [0.25, 0.3) is 5.57 Å². The molecule has 1 aliphatic rings. The monoisotopic (exact) mass is 356 g/mol. The average Bonchev–Trinajstić information content (AvgIpc) is 2.66. The summed E-state index contributed by atoms with van der Waals surface area (Å²) in [5, 5.41) is 12.2. The lowest BCUT2D eigenvalue weighted by atomic mass is 10.0. The zero-order chi connectivity index (χ0) is 18.9. The molecule has 26 heavy (non-hydrogen) atoms. The number of ether oxygens (including phenoxy) is 1. The third-order valence-electron chi connectivity index (χ3n) is 4.69. The van der Waals surface area contributed by atoms with Gasteiger partial charge in [-0.3, -0.25) is 4.79 Å². The number of allylic oxidation sites excluding steroid dienone is 1. The van der Waals surface area contributed by atoms with E-state index in [0.717, 1.165) is 38.2 Å². The second kappa shape index (κ2) is 9.95. The summed E-state index contributed by atoms with van der Waals surface area (Å²) in [5.74, 6) is -0.329. The summed E-state index contributed by atoms with van der Waals surface area (Å²) in [4.78, 5) is 16.9. The van der Waals surface area contributed by atoms with E-state index in [0.29, 0.717) is 18.7 Å². The molecule has 0 aromatic heterocycles. The number of likely N-dealkylation sites (N-methyl/N-ethyl adjacent to an activating group) is 1. The summed E-state index contributed by atoms with van der Waals surface area (Å²) in [6.45, 7) is 7.03. The predicted molar refractivity (Wildman–Crippen MR) is 104 cm³/mol. The van der Waals surface area contributed by atoms with E-state index in [1.165, 1.54) is 5.69 Å². The van der Waals surface area contributed by atoms with Crippen LogP contribution < -0.4 is 10.2 Å². The zero-order valence-electron chi connectivity index (χ0n) is 15.9. The molecule has 0 aliphatic carbocycles. The summed E-state index contributed by atoms with van der Waals surface area (Å²) in [6, 6.07) is 10.1. The van der Waals surface area contributed by atoms with Gasteiger partial charge in [0.15, 0.2) is 0 Å². The molecule has 1 amide bonds. The summed E-state index contributed by atoms with van der Waals surface area (Å²) < 4.78 is 4.96. The Labute approximate surface area is 156 Å². The van der Waals surface area contributed by atoms with Gasteiger partial charge in [0.1, 0.15) is 11.6 Å². The van der Waals surface area contributed by atoms with Crippen LogP contribution in [0.1, 0.15) is 18.9 Å². The molecular weight excluding hydrogens is 328 g/mol. The first-order valence-electron chi connectivity index (χ1n) is 8.99. The Morgan fingerprint density at radius 2 is 1.88 bits per heavy atom. The van der Waals surface area contributed by atoms with Crippen molar-refractivity contribution >= 4 is 17.2 Å². The highest BCUT2D eigenvalue weighted by atomic mass is 16.5. The molecule has 0 saturated carbocycles. The highest BCUT2D eigenvalue weighted by molar-refractivity contribution is 6.04. The molecule has 140 valence electrons. The van der Waals surface area contributed by atoms with Crippen molar-refractivity contribution in [2.24, 2.45) is 0 Å². The Kier molecular flexibility index (Phi) is 7.64. The minimum atomic E-state index is -0.329. The molecule has 0 radical (unpaired) electrons. The SMILES string of the molecule is COCCCNC(=O)/C(C#N)=C(\C)c1ccc(N2CCN(C)CC2)cc1. The number of rotatable bonds is 7. The molecule has 1 aromatic rings. The Hall–Kier alpha value is -2.36. The number of nitrogens with zero attached hydrogens (tertiary/aromatic N) is 3. The Morgan fingerprint density at radius 1 is 1.23 bits per heavy atom. The molecule has 2 rings (SSSR count). The topological polar surface area (TPSA) is 68.6 Å². The normalized spacial score (nSPS) is 16.0. The molecule has 1 fully saturated rings. The zero-order valence-corrected chi connectivity index (χ0v) is 15.9. The van der Waals surface area contributed by atoms with Gasteiger partial charge in [0.05, 0.1) is 0 Å². The number of carbonyl (C=O) groups excluding carboxylic acids is 1. The minimum Gasteiger partial charge on any atom is -0.385 e. The second-order valence-corrected chi connectivity index (χ2v) is 6.55. The van der Waals surface area contributed by atoms with Gasteiger partial charge in [0.25, 0.3) is 5.91 Å². The van der Waals surface area contributed by atoms with Crippen molar-refractivity contribution in [3.8, 4) is 6.07 Å². The lowest BCUT2D eigenvalue weighted by Gasteiger charge is -2.34. The fraction of sp³-hybridized carbons (Fsp3) is 0.500. The van der Waals surface area contributed by atoms with Crippen molar-refractivity contribution in [2.45, 2.75) is 13.3 Å². The minimum absolute atomic E-state index is 0.162. The van der Waals surface area contributed by atoms with Gasteiger partial charge >= 0.3 is 0 Å². The van der Waals surface area contributed by atoms with E-state index in [1.807, 2.05) is 25.1 Å². The number of hydrogen-bond donors (Lipinski definition) is 1. The second-order valence-electron chi connectivity index (χ2n) is 6.55. The first-order chi connectivity index (χ1) is 12.6. The largest absolute Gasteiger partial charge is 0.385 e. The number of nitrogens with one attached hydrogen (secondary N) is 1. The van der Waals surface area contributed by atoms with Gasteiger partial charge in [-0.1, -0.05) is 12.1 Å². The Bertz CT molecular complexity index is 668. The van der Waals surface area contributed by atoms with Crippen LogP contribution in [0.4, 0.5) is 5.69 Å². The van der Waals surface area contributed by atoms with E-state index < -0.39 is 0 Å². The van der Waals surface area contributed by atoms with Crippen molar-refractivity contribution in [3.05, 3.63) is 35.4 Å². The fourth-order valence-electron chi connectivity index (χ4n) is 2.94. The van der Waals surface area contributed by atoms with Crippen LogP contribution in [0.5, 0.6) is 0 Å². The number of hydrogen-bond acceptors (Lipinski definition) is 5. The first-order valence-corrected chi connectivity index (χ1v) is 8.99. The smallest absolute Gasteiger partial charge is 0.262 e. The highest BCUT2D eigenvalue weighted by Gasteiger charge is 2.16. The van der Waals surface area contributed by atoms with Gasteiger partial charge in [-0.25, -0.2) is 0 Å².